The molecule has 18 heavy (non-hydrogen) atoms. The van der Waals surface area contributed by atoms with Crippen LogP contribution in [-0.2, 0) is 4.79 Å². The summed E-state index contributed by atoms with van der Waals surface area (Å²) in [5, 5.41) is 14.4. The Bertz CT molecular complexity index is 297. The van der Waals surface area contributed by atoms with E-state index in [1.165, 1.54) is 0 Å². The highest BCUT2D eigenvalue weighted by Crippen LogP contribution is 2.18. The number of hydrogen-bond acceptors (Lipinski definition) is 2. The van der Waals surface area contributed by atoms with Gasteiger partial charge in [0, 0.05) is 6.04 Å². The quantitative estimate of drug-likeness (QED) is 0.707. The van der Waals surface area contributed by atoms with Crippen molar-refractivity contribution in [2.45, 2.75) is 60.0 Å². The number of hydrogen-bond donors (Lipinski definition) is 3. The zero-order valence-electron chi connectivity index (χ0n) is 12.2. The van der Waals surface area contributed by atoms with Gasteiger partial charge in [-0.1, -0.05) is 41.0 Å². The molecule has 0 radical (unpaired) electrons. The fourth-order valence-electron chi connectivity index (χ4n) is 1.28. The standard InChI is InChI=1S/C13H26N2O3/c1-7-8(2)10(11(16)17)15-12(18)14-9(3)13(4,5)6/h8-10H,7H2,1-6H3,(H,16,17)(H2,14,15,18). The molecular formula is C13H26N2O3. The summed E-state index contributed by atoms with van der Waals surface area (Å²) in [6.07, 6.45) is 0.700. The van der Waals surface area contributed by atoms with Crippen molar-refractivity contribution < 1.29 is 14.7 Å². The number of amides is 2. The molecule has 0 aromatic heterocycles. The van der Waals surface area contributed by atoms with Crippen LogP contribution in [0, 0.1) is 11.3 Å². The Hall–Kier alpha value is -1.26. The van der Waals surface area contributed by atoms with Crippen molar-refractivity contribution in [3.63, 3.8) is 0 Å². The molecular weight excluding hydrogens is 232 g/mol. The van der Waals surface area contributed by atoms with E-state index >= 15 is 0 Å². The molecule has 0 saturated heterocycles. The molecule has 0 aromatic rings. The van der Waals surface area contributed by atoms with Crippen molar-refractivity contribution in [1.29, 1.82) is 0 Å². The molecule has 2 amide bonds. The zero-order valence-corrected chi connectivity index (χ0v) is 12.2. The number of carbonyl (C=O) groups is 2. The maximum atomic E-state index is 11.7. The minimum Gasteiger partial charge on any atom is -0.480 e. The third-order valence-electron chi connectivity index (χ3n) is 3.41. The van der Waals surface area contributed by atoms with Crippen LogP contribution in [0.2, 0.25) is 0 Å². The smallest absolute Gasteiger partial charge is 0.326 e. The lowest BCUT2D eigenvalue weighted by Gasteiger charge is -2.29. The Labute approximate surface area is 109 Å². The van der Waals surface area contributed by atoms with Crippen LogP contribution in [0.15, 0.2) is 0 Å². The maximum Gasteiger partial charge on any atom is 0.326 e. The SMILES string of the molecule is CCC(C)C(NC(=O)NC(C)C(C)(C)C)C(=O)O. The van der Waals surface area contributed by atoms with Crippen LogP contribution in [0.1, 0.15) is 48.0 Å². The molecule has 0 saturated carbocycles. The fraction of sp³-hybridized carbons (Fsp3) is 0.846. The third-order valence-corrected chi connectivity index (χ3v) is 3.41. The van der Waals surface area contributed by atoms with E-state index < -0.39 is 18.0 Å². The largest absolute Gasteiger partial charge is 0.480 e. The topological polar surface area (TPSA) is 78.4 Å². The Morgan fingerprint density at radius 2 is 1.67 bits per heavy atom. The molecule has 0 heterocycles. The van der Waals surface area contributed by atoms with Gasteiger partial charge in [0.2, 0.25) is 0 Å². The van der Waals surface area contributed by atoms with E-state index in [0.717, 1.165) is 0 Å². The first kappa shape index (κ1) is 16.7. The molecule has 0 aliphatic heterocycles. The van der Waals surface area contributed by atoms with Gasteiger partial charge in [-0.2, -0.15) is 0 Å². The van der Waals surface area contributed by atoms with E-state index in [4.69, 9.17) is 5.11 Å². The van der Waals surface area contributed by atoms with Gasteiger partial charge >= 0.3 is 12.0 Å². The predicted octanol–water partition coefficient (Wildman–Crippen LogP) is 2.22. The lowest BCUT2D eigenvalue weighted by atomic mass is 9.88. The van der Waals surface area contributed by atoms with E-state index in [-0.39, 0.29) is 17.4 Å². The maximum absolute atomic E-state index is 11.7. The van der Waals surface area contributed by atoms with E-state index in [1.54, 1.807) is 0 Å². The second kappa shape index (κ2) is 6.61. The Balaban J connectivity index is 4.49. The van der Waals surface area contributed by atoms with Gasteiger partial charge in [0.25, 0.3) is 0 Å². The number of urea groups is 1. The summed E-state index contributed by atoms with van der Waals surface area (Å²) in [7, 11) is 0. The summed E-state index contributed by atoms with van der Waals surface area (Å²) < 4.78 is 0. The molecule has 106 valence electrons. The lowest BCUT2D eigenvalue weighted by Crippen LogP contribution is -2.53. The van der Waals surface area contributed by atoms with Crippen molar-refractivity contribution >= 4 is 12.0 Å². The molecule has 3 unspecified atom stereocenters. The molecule has 3 atom stereocenters. The lowest BCUT2D eigenvalue weighted by molar-refractivity contribution is -0.140. The second-order valence-corrected chi connectivity index (χ2v) is 5.91. The van der Waals surface area contributed by atoms with E-state index in [1.807, 2.05) is 41.5 Å². The Kier molecular flexibility index (Phi) is 6.15. The van der Waals surface area contributed by atoms with Crippen LogP contribution >= 0.6 is 0 Å². The Morgan fingerprint density at radius 3 is 2.00 bits per heavy atom. The molecule has 0 bridgehead atoms. The van der Waals surface area contributed by atoms with E-state index in [2.05, 4.69) is 10.6 Å². The molecule has 0 aliphatic rings. The van der Waals surface area contributed by atoms with E-state index in [9.17, 15) is 9.59 Å². The summed E-state index contributed by atoms with van der Waals surface area (Å²) in [4.78, 5) is 22.8. The highest BCUT2D eigenvalue weighted by Gasteiger charge is 2.27. The van der Waals surface area contributed by atoms with Crippen LogP contribution in [-0.4, -0.2) is 29.2 Å². The monoisotopic (exact) mass is 258 g/mol. The van der Waals surface area contributed by atoms with Crippen LogP contribution < -0.4 is 10.6 Å². The summed E-state index contributed by atoms with van der Waals surface area (Å²) in [5.74, 6) is -1.10. The average Bonchev–Trinajstić information content (AvgIpc) is 2.23. The number of carbonyl (C=O) groups excluding carboxylic acids is 1. The van der Waals surface area contributed by atoms with Crippen molar-refractivity contribution in [3.8, 4) is 0 Å². The van der Waals surface area contributed by atoms with Gasteiger partial charge in [-0.25, -0.2) is 9.59 Å². The Morgan fingerprint density at radius 1 is 1.17 bits per heavy atom. The zero-order chi connectivity index (χ0) is 14.5. The summed E-state index contributed by atoms with van der Waals surface area (Å²) in [6.45, 7) is 11.7. The summed E-state index contributed by atoms with van der Waals surface area (Å²) >= 11 is 0. The first-order valence-electron chi connectivity index (χ1n) is 6.39. The molecule has 0 aromatic carbocycles. The predicted molar refractivity (Wildman–Crippen MR) is 71.5 cm³/mol. The normalized spacial score (nSPS) is 16.6. The number of rotatable bonds is 5. The molecule has 0 rings (SSSR count). The fourth-order valence-corrected chi connectivity index (χ4v) is 1.28. The number of aliphatic carboxylic acids is 1. The van der Waals surface area contributed by atoms with Gasteiger partial charge < -0.3 is 15.7 Å². The van der Waals surface area contributed by atoms with Gasteiger partial charge in [0.15, 0.2) is 0 Å². The molecule has 5 heteroatoms. The average molecular weight is 258 g/mol. The molecule has 3 N–H and O–H groups in total. The highest BCUT2D eigenvalue weighted by atomic mass is 16.4. The van der Waals surface area contributed by atoms with Gasteiger partial charge in [0.05, 0.1) is 0 Å². The third kappa shape index (κ3) is 5.38. The number of nitrogens with one attached hydrogen (secondary N) is 2. The number of carboxylic acids is 1. The minimum absolute atomic E-state index is 0.0381. The van der Waals surface area contributed by atoms with Crippen molar-refractivity contribution in [3.05, 3.63) is 0 Å². The molecule has 0 spiro atoms. The van der Waals surface area contributed by atoms with Crippen LogP contribution in [0.4, 0.5) is 4.79 Å². The molecule has 0 aliphatic carbocycles. The van der Waals surface area contributed by atoms with Crippen molar-refractivity contribution in [2.24, 2.45) is 11.3 Å². The van der Waals surface area contributed by atoms with Crippen LogP contribution in [0.5, 0.6) is 0 Å². The van der Waals surface area contributed by atoms with Gasteiger partial charge in [0.1, 0.15) is 6.04 Å². The van der Waals surface area contributed by atoms with Gasteiger partial charge in [-0.15, -0.1) is 0 Å². The van der Waals surface area contributed by atoms with Crippen LogP contribution in [0.3, 0.4) is 0 Å². The van der Waals surface area contributed by atoms with Gasteiger partial charge in [-0.05, 0) is 18.3 Å². The molecule has 5 nitrogen and oxygen atoms in total. The molecule has 0 fully saturated rings. The van der Waals surface area contributed by atoms with Gasteiger partial charge in [-0.3, -0.25) is 0 Å². The van der Waals surface area contributed by atoms with Crippen molar-refractivity contribution in [1.82, 2.24) is 10.6 Å². The van der Waals surface area contributed by atoms with Crippen LogP contribution in [0.25, 0.3) is 0 Å². The first-order valence-corrected chi connectivity index (χ1v) is 6.39. The number of carboxylic acid groups (broad SMARTS) is 1. The van der Waals surface area contributed by atoms with Crippen molar-refractivity contribution in [2.75, 3.05) is 0 Å². The highest BCUT2D eigenvalue weighted by molar-refractivity contribution is 5.82. The minimum atomic E-state index is -0.997. The first-order chi connectivity index (χ1) is 8.09. The summed E-state index contributed by atoms with van der Waals surface area (Å²) in [5.41, 5.74) is -0.0631. The second-order valence-electron chi connectivity index (χ2n) is 5.91. The van der Waals surface area contributed by atoms with E-state index in [0.29, 0.717) is 6.42 Å². The summed E-state index contributed by atoms with van der Waals surface area (Å²) in [6, 6.07) is -1.31.